The van der Waals surface area contributed by atoms with Crippen molar-refractivity contribution in [1.82, 2.24) is 5.32 Å². The van der Waals surface area contributed by atoms with Crippen LogP contribution in [0, 0.1) is 0 Å². The first-order valence-corrected chi connectivity index (χ1v) is 13.1. The Labute approximate surface area is 201 Å². The second kappa shape index (κ2) is 11.1. The molecule has 2 aromatic carbocycles. The zero-order valence-corrected chi connectivity index (χ0v) is 20.3. The summed E-state index contributed by atoms with van der Waals surface area (Å²) in [6.45, 7) is 1.61. The summed E-state index contributed by atoms with van der Waals surface area (Å²) in [5.41, 5.74) is 1.76. The van der Waals surface area contributed by atoms with Gasteiger partial charge in [-0.3, -0.25) is 9.59 Å². The fourth-order valence-electron chi connectivity index (χ4n) is 3.04. The maximum Gasteiger partial charge on any atom is 0.341 e. The molecule has 8 nitrogen and oxygen atoms in total. The van der Waals surface area contributed by atoms with E-state index in [1.165, 1.54) is 23.5 Å². The van der Waals surface area contributed by atoms with Gasteiger partial charge in [0.2, 0.25) is 11.8 Å². The van der Waals surface area contributed by atoms with Crippen molar-refractivity contribution in [3.8, 4) is 10.4 Å². The van der Waals surface area contributed by atoms with Gasteiger partial charge in [0.1, 0.15) is 5.00 Å². The van der Waals surface area contributed by atoms with Crippen LogP contribution in [0.5, 0.6) is 0 Å². The van der Waals surface area contributed by atoms with Gasteiger partial charge in [-0.15, -0.1) is 11.3 Å². The molecule has 3 rings (SSSR count). The maximum atomic E-state index is 12.5. The number of esters is 1. The van der Waals surface area contributed by atoms with E-state index in [-0.39, 0.29) is 30.0 Å². The predicted octanol–water partition coefficient (Wildman–Crippen LogP) is 3.29. The number of nitrogens with one attached hydrogen (secondary N) is 2. The number of amides is 2. The number of carbonyl (C=O) groups excluding carboxylic acids is 3. The van der Waals surface area contributed by atoms with Crippen LogP contribution in [-0.2, 0) is 30.6 Å². The van der Waals surface area contributed by atoms with Crippen molar-refractivity contribution in [2.45, 2.75) is 18.2 Å². The van der Waals surface area contributed by atoms with Crippen LogP contribution in [0.1, 0.15) is 22.8 Å². The van der Waals surface area contributed by atoms with Crippen molar-refractivity contribution in [3.63, 3.8) is 0 Å². The van der Waals surface area contributed by atoms with Crippen molar-refractivity contribution in [3.05, 3.63) is 71.8 Å². The van der Waals surface area contributed by atoms with Gasteiger partial charge in [-0.2, -0.15) is 0 Å². The van der Waals surface area contributed by atoms with Crippen LogP contribution in [0.3, 0.4) is 0 Å². The van der Waals surface area contributed by atoms with E-state index in [4.69, 9.17) is 4.74 Å². The Hall–Kier alpha value is -3.50. The largest absolute Gasteiger partial charge is 0.462 e. The molecule has 0 aliphatic carbocycles. The van der Waals surface area contributed by atoms with E-state index in [9.17, 15) is 22.8 Å². The minimum Gasteiger partial charge on any atom is -0.462 e. The lowest BCUT2D eigenvalue weighted by Gasteiger charge is -2.08. The topological polar surface area (TPSA) is 119 Å². The molecule has 0 unspecified atom stereocenters. The third-order valence-electron chi connectivity index (χ3n) is 4.70. The highest BCUT2D eigenvalue weighted by atomic mass is 32.2. The third-order valence-corrected chi connectivity index (χ3v) is 6.93. The zero-order chi connectivity index (χ0) is 24.7. The van der Waals surface area contributed by atoms with E-state index in [0.717, 1.165) is 16.7 Å². The van der Waals surface area contributed by atoms with Crippen molar-refractivity contribution >= 4 is 44.0 Å². The molecule has 1 heterocycles. The molecule has 0 aliphatic rings. The maximum absolute atomic E-state index is 12.5. The lowest BCUT2D eigenvalue weighted by molar-refractivity contribution is -0.123. The van der Waals surface area contributed by atoms with E-state index >= 15 is 0 Å². The normalized spacial score (nSPS) is 11.0. The Bertz CT molecular complexity index is 1280. The van der Waals surface area contributed by atoms with Crippen molar-refractivity contribution in [2.75, 3.05) is 24.7 Å². The molecule has 178 valence electrons. The van der Waals surface area contributed by atoms with Gasteiger partial charge in [0.05, 0.1) is 30.0 Å². The molecule has 0 atom stereocenters. The molecule has 0 spiro atoms. The summed E-state index contributed by atoms with van der Waals surface area (Å²) in [7, 11) is -3.31. The molecule has 10 heteroatoms. The van der Waals surface area contributed by atoms with Gasteiger partial charge in [-0.1, -0.05) is 42.5 Å². The minimum atomic E-state index is -3.31. The number of carbonyl (C=O) groups is 3. The van der Waals surface area contributed by atoms with Crippen molar-refractivity contribution in [1.29, 1.82) is 0 Å². The molecule has 0 saturated heterocycles. The van der Waals surface area contributed by atoms with Gasteiger partial charge in [-0.25, -0.2) is 13.2 Å². The molecule has 2 amide bonds. The quantitative estimate of drug-likeness (QED) is 0.435. The number of hydrogen-bond acceptors (Lipinski definition) is 7. The monoisotopic (exact) mass is 500 g/mol. The highest BCUT2D eigenvalue weighted by Gasteiger charge is 2.20. The Kier molecular flexibility index (Phi) is 8.19. The average Bonchev–Trinajstić information content (AvgIpc) is 3.22. The second-order valence-electron chi connectivity index (χ2n) is 7.36. The van der Waals surface area contributed by atoms with Crippen LogP contribution in [0.25, 0.3) is 10.4 Å². The number of rotatable bonds is 9. The lowest BCUT2D eigenvalue weighted by Crippen LogP contribution is -2.33. The fraction of sp³-hybridized carbons (Fsp3) is 0.208. The second-order valence-corrected chi connectivity index (χ2v) is 10.4. The van der Waals surface area contributed by atoms with Crippen molar-refractivity contribution in [2.24, 2.45) is 0 Å². The molecule has 0 aliphatic heterocycles. The van der Waals surface area contributed by atoms with Gasteiger partial charge >= 0.3 is 5.97 Å². The summed E-state index contributed by atoms with van der Waals surface area (Å²) in [6.07, 6.45) is 1.10. The average molecular weight is 501 g/mol. The van der Waals surface area contributed by atoms with Crippen LogP contribution in [0.15, 0.2) is 65.6 Å². The summed E-state index contributed by atoms with van der Waals surface area (Å²) in [5.74, 6) is -1.44. The van der Waals surface area contributed by atoms with Crippen LogP contribution < -0.4 is 10.6 Å². The molecule has 3 aromatic rings. The highest BCUT2D eigenvalue weighted by molar-refractivity contribution is 7.90. The molecule has 0 fully saturated rings. The third kappa shape index (κ3) is 6.75. The molecule has 2 N–H and O–H groups in total. The van der Waals surface area contributed by atoms with E-state index in [2.05, 4.69) is 10.6 Å². The molecular weight excluding hydrogens is 476 g/mol. The number of thiophene rings is 1. The van der Waals surface area contributed by atoms with Gasteiger partial charge < -0.3 is 15.4 Å². The Balaban J connectivity index is 1.63. The molecule has 0 bridgehead atoms. The van der Waals surface area contributed by atoms with Crippen LogP contribution >= 0.6 is 11.3 Å². The van der Waals surface area contributed by atoms with Crippen LogP contribution in [-0.4, -0.2) is 45.6 Å². The Morgan fingerprint density at radius 3 is 2.26 bits per heavy atom. The van der Waals surface area contributed by atoms with Crippen LogP contribution in [0.2, 0.25) is 0 Å². The summed E-state index contributed by atoms with van der Waals surface area (Å²) in [4.78, 5) is 38.0. The zero-order valence-electron chi connectivity index (χ0n) is 18.7. The minimum absolute atomic E-state index is 0.0114. The van der Waals surface area contributed by atoms with Gasteiger partial charge in [-0.05, 0) is 36.2 Å². The standard InChI is InChI=1S/C24H24N2O6S2/c1-3-32-24(29)19-14-20(17-7-5-4-6-8-17)33-23(19)26-22(28)15-25-21(27)13-16-9-11-18(12-10-16)34(2,30)31/h4-12,14H,3,13,15H2,1-2H3,(H,25,27)(H,26,28). The van der Waals surface area contributed by atoms with E-state index in [1.54, 1.807) is 25.1 Å². The van der Waals surface area contributed by atoms with E-state index in [0.29, 0.717) is 10.6 Å². The number of hydrogen-bond donors (Lipinski definition) is 2. The molecule has 0 saturated carbocycles. The number of benzene rings is 2. The SMILES string of the molecule is CCOC(=O)c1cc(-c2ccccc2)sc1NC(=O)CNC(=O)Cc1ccc(S(C)(=O)=O)cc1. The fourth-order valence-corrected chi connectivity index (χ4v) is 4.74. The van der Waals surface area contributed by atoms with E-state index < -0.39 is 27.6 Å². The van der Waals surface area contributed by atoms with Gasteiger partial charge in [0.15, 0.2) is 9.84 Å². The van der Waals surface area contributed by atoms with Crippen molar-refractivity contribution < 1.29 is 27.5 Å². The highest BCUT2D eigenvalue weighted by Crippen LogP contribution is 2.35. The first-order chi connectivity index (χ1) is 16.2. The Morgan fingerprint density at radius 1 is 0.971 bits per heavy atom. The summed E-state index contributed by atoms with van der Waals surface area (Å²) >= 11 is 1.24. The summed E-state index contributed by atoms with van der Waals surface area (Å²) < 4.78 is 28.2. The molecule has 0 radical (unpaired) electrons. The Morgan fingerprint density at radius 2 is 1.65 bits per heavy atom. The van der Waals surface area contributed by atoms with Gasteiger partial charge in [0, 0.05) is 11.1 Å². The molecular formula is C24H24N2O6S2. The number of anilines is 1. The van der Waals surface area contributed by atoms with E-state index in [1.807, 2.05) is 30.3 Å². The van der Waals surface area contributed by atoms with Gasteiger partial charge in [0.25, 0.3) is 0 Å². The molecule has 1 aromatic heterocycles. The lowest BCUT2D eigenvalue weighted by atomic mass is 10.1. The molecule has 34 heavy (non-hydrogen) atoms. The summed E-state index contributed by atoms with van der Waals surface area (Å²) in [6, 6.07) is 17.1. The first-order valence-electron chi connectivity index (χ1n) is 10.4. The number of ether oxygens (including phenoxy) is 1. The first kappa shape index (κ1) is 25.1. The number of sulfone groups is 1. The van der Waals surface area contributed by atoms with Crippen LogP contribution in [0.4, 0.5) is 5.00 Å². The predicted molar refractivity (Wildman–Crippen MR) is 131 cm³/mol. The summed E-state index contributed by atoms with van der Waals surface area (Å²) in [5, 5.41) is 5.55. The smallest absolute Gasteiger partial charge is 0.341 e.